The lowest BCUT2D eigenvalue weighted by Gasteiger charge is -2.36. The number of carbonyl (C=O) groups is 1. The molecule has 0 unspecified atom stereocenters. The summed E-state index contributed by atoms with van der Waals surface area (Å²) < 4.78 is 16.0. The van der Waals surface area contributed by atoms with Crippen LogP contribution in [-0.2, 0) is 7.05 Å². The molecular weight excluding hydrogens is 307 g/mol. The molecule has 24 heavy (non-hydrogen) atoms. The van der Waals surface area contributed by atoms with Gasteiger partial charge in [-0.3, -0.25) is 4.79 Å². The number of aromatic amines is 1. The Balaban J connectivity index is 1.76. The Morgan fingerprint density at radius 3 is 3.04 bits per heavy atom. The van der Waals surface area contributed by atoms with Crippen LogP contribution < -0.4 is 0 Å². The highest BCUT2D eigenvalue weighted by Crippen LogP contribution is 2.33. The van der Waals surface area contributed by atoms with Crippen LogP contribution in [0.4, 0.5) is 4.39 Å². The molecule has 1 aliphatic heterocycles. The second-order valence-corrected chi connectivity index (χ2v) is 6.31. The van der Waals surface area contributed by atoms with Crippen molar-refractivity contribution in [2.75, 3.05) is 6.54 Å². The van der Waals surface area contributed by atoms with E-state index in [1.165, 1.54) is 18.5 Å². The van der Waals surface area contributed by atoms with Crippen molar-refractivity contribution in [2.45, 2.75) is 25.3 Å². The third-order valence-electron chi connectivity index (χ3n) is 4.81. The number of aromatic nitrogens is 3. The van der Waals surface area contributed by atoms with Crippen molar-refractivity contribution in [3.63, 3.8) is 0 Å². The Morgan fingerprint density at radius 1 is 1.38 bits per heavy atom. The molecule has 1 aliphatic rings. The van der Waals surface area contributed by atoms with Crippen LogP contribution in [0.1, 0.15) is 41.4 Å². The molecule has 1 saturated heterocycles. The highest BCUT2D eigenvalue weighted by atomic mass is 19.1. The number of amides is 1. The number of benzene rings is 1. The fourth-order valence-corrected chi connectivity index (χ4v) is 3.64. The van der Waals surface area contributed by atoms with Gasteiger partial charge in [0.2, 0.25) is 0 Å². The molecule has 3 aromatic rings. The fraction of sp³-hybridized carbons (Fsp3) is 0.333. The number of halogens is 1. The second kappa shape index (κ2) is 5.78. The van der Waals surface area contributed by atoms with Crippen LogP contribution in [0.15, 0.2) is 36.8 Å². The van der Waals surface area contributed by atoms with E-state index >= 15 is 0 Å². The van der Waals surface area contributed by atoms with Gasteiger partial charge in [0.15, 0.2) is 0 Å². The predicted molar refractivity (Wildman–Crippen MR) is 89.1 cm³/mol. The van der Waals surface area contributed by atoms with Crippen LogP contribution >= 0.6 is 0 Å². The number of likely N-dealkylation sites (tertiary alicyclic amines) is 1. The highest BCUT2D eigenvalue weighted by molar-refractivity contribution is 6.05. The Hall–Kier alpha value is -2.63. The highest BCUT2D eigenvalue weighted by Gasteiger charge is 2.31. The summed E-state index contributed by atoms with van der Waals surface area (Å²) in [5.74, 6) is -0.583. The number of hydrogen-bond acceptors (Lipinski definition) is 2. The number of rotatable bonds is 2. The van der Waals surface area contributed by atoms with E-state index in [0.717, 1.165) is 25.0 Å². The number of fused-ring (bicyclic) bond motifs is 1. The van der Waals surface area contributed by atoms with Crippen molar-refractivity contribution in [3.8, 4) is 0 Å². The van der Waals surface area contributed by atoms with Crippen LogP contribution in [-0.4, -0.2) is 31.9 Å². The zero-order valence-electron chi connectivity index (χ0n) is 13.5. The van der Waals surface area contributed by atoms with E-state index in [2.05, 4.69) is 9.97 Å². The van der Waals surface area contributed by atoms with Crippen molar-refractivity contribution in [1.29, 1.82) is 0 Å². The lowest BCUT2D eigenvalue weighted by Crippen LogP contribution is -2.39. The molecule has 3 heterocycles. The van der Waals surface area contributed by atoms with E-state index < -0.39 is 5.82 Å². The van der Waals surface area contributed by atoms with Gasteiger partial charge in [-0.05, 0) is 43.5 Å². The normalized spacial score (nSPS) is 18.2. The lowest BCUT2D eigenvalue weighted by atomic mass is 9.97. The molecule has 0 radical (unpaired) electrons. The number of carbonyl (C=O) groups excluding carboxylic acids is 1. The largest absolute Gasteiger partial charge is 0.353 e. The van der Waals surface area contributed by atoms with Gasteiger partial charge < -0.3 is 14.5 Å². The van der Waals surface area contributed by atoms with Gasteiger partial charge >= 0.3 is 0 Å². The van der Waals surface area contributed by atoms with Crippen molar-refractivity contribution in [1.82, 2.24) is 19.4 Å². The molecule has 0 spiro atoms. The summed E-state index contributed by atoms with van der Waals surface area (Å²) in [6.07, 6.45) is 6.45. The second-order valence-electron chi connectivity index (χ2n) is 6.31. The monoisotopic (exact) mass is 326 g/mol. The summed E-state index contributed by atoms with van der Waals surface area (Å²) in [6.45, 7) is 0.678. The van der Waals surface area contributed by atoms with Crippen LogP contribution in [0.2, 0.25) is 0 Å². The lowest BCUT2D eigenvalue weighted by molar-refractivity contribution is 0.0604. The average molecular weight is 326 g/mol. The summed E-state index contributed by atoms with van der Waals surface area (Å²) in [6, 6.07) is 6.71. The SMILES string of the molecule is Cn1cccc1[C@H]1CCCCN1C(=O)c1cc(F)cc2[nH]cnc12. The minimum absolute atomic E-state index is 0.0171. The molecule has 5 nitrogen and oxygen atoms in total. The van der Waals surface area contributed by atoms with E-state index in [1.807, 2.05) is 34.8 Å². The first-order valence-electron chi connectivity index (χ1n) is 8.20. The number of aryl methyl sites for hydroxylation is 1. The zero-order valence-corrected chi connectivity index (χ0v) is 13.5. The minimum Gasteiger partial charge on any atom is -0.353 e. The first kappa shape index (κ1) is 14.9. The van der Waals surface area contributed by atoms with Crippen LogP contribution in [0, 0.1) is 5.82 Å². The summed E-state index contributed by atoms with van der Waals surface area (Å²) >= 11 is 0. The summed E-state index contributed by atoms with van der Waals surface area (Å²) in [5, 5.41) is 0. The number of nitrogens with zero attached hydrogens (tertiary/aromatic N) is 3. The summed E-state index contributed by atoms with van der Waals surface area (Å²) in [5.41, 5.74) is 2.51. The van der Waals surface area contributed by atoms with Gasteiger partial charge in [0.05, 0.1) is 23.4 Å². The number of hydrogen-bond donors (Lipinski definition) is 1. The molecule has 1 N–H and O–H groups in total. The maximum Gasteiger partial charge on any atom is 0.256 e. The van der Waals surface area contributed by atoms with Gasteiger partial charge in [-0.1, -0.05) is 0 Å². The molecular formula is C18H19FN4O. The first-order valence-corrected chi connectivity index (χ1v) is 8.20. The molecule has 2 aromatic heterocycles. The minimum atomic E-state index is -0.428. The fourth-order valence-electron chi connectivity index (χ4n) is 3.64. The Morgan fingerprint density at radius 2 is 2.25 bits per heavy atom. The molecule has 0 saturated carbocycles. The van der Waals surface area contributed by atoms with Gasteiger partial charge in [0.1, 0.15) is 11.3 Å². The van der Waals surface area contributed by atoms with E-state index in [4.69, 9.17) is 0 Å². The zero-order chi connectivity index (χ0) is 16.7. The molecule has 0 bridgehead atoms. The number of H-pyrrole nitrogens is 1. The molecule has 1 aromatic carbocycles. The van der Waals surface area contributed by atoms with Crippen molar-refractivity contribution in [2.24, 2.45) is 7.05 Å². The smallest absolute Gasteiger partial charge is 0.256 e. The Bertz CT molecular complexity index is 897. The molecule has 0 aliphatic carbocycles. The maximum atomic E-state index is 13.9. The van der Waals surface area contributed by atoms with Crippen molar-refractivity contribution in [3.05, 3.63) is 53.9 Å². The third kappa shape index (κ3) is 2.38. The maximum absolute atomic E-state index is 13.9. The van der Waals surface area contributed by atoms with E-state index in [1.54, 1.807) is 0 Å². The molecule has 6 heteroatoms. The van der Waals surface area contributed by atoms with Gasteiger partial charge in [0.25, 0.3) is 5.91 Å². The van der Waals surface area contributed by atoms with E-state index in [0.29, 0.717) is 23.1 Å². The van der Waals surface area contributed by atoms with Crippen LogP contribution in [0.5, 0.6) is 0 Å². The molecule has 1 fully saturated rings. The topological polar surface area (TPSA) is 53.9 Å². The van der Waals surface area contributed by atoms with Gasteiger partial charge in [-0.15, -0.1) is 0 Å². The number of imidazole rings is 1. The third-order valence-corrected chi connectivity index (χ3v) is 4.81. The molecule has 124 valence electrons. The Kier molecular flexibility index (Phi) is 3.59. The van der Waals surface area contributed by atoms with E-state index in [-0.39, 0.29) is 11.9 Å². The summed E-state index contributed by atoms with van der Waals surface area (Å²) in [4.78, 5) is 22.1. The number of nitrogens with one attached hydrogen (secondary N) is 1. The quantitative estimate of drug-likeness (QED) is 0.784. The average Bonchev–Trinajstić information content (AvgIpc) is 3.22. The molecule has 1 amide bonds. The van der Waals surface area contributed by atoms with Gasteiger partial charge in [0, 0.05) is 25.5 Å². The molecule has 1 atom stereocenters. The van der Waals surface area contributed by atoms with Gasteiger partial charge in [-0.25, -0.2) is 9.37 Å². The number of piperidine rings is 1. The Labute approximate surface area is 139 Å². The van der Waals surface area contributed by atoms with Crippen LogP contribution in [0.25, 0.3) is 11.0 Å². The molecule has 4 rings (SSSR count). The van der Waals surface area contributed by atoms with E-state index in [9.17, 15) is 9.18 Å². The van der Waals surface area contributed by atoms with Crippen LogP contribution in [0.3, 0.4) is 0 Å². The predicted octanol–water partition coefficient (Wildman–Crippen LogP) is 3.41. The first-order chi connectivity index (χ1) is 11.6. The summed E-state index contributed by atoms with van der Waals surface area (Å²) in [7, 11) is 1.99. The van der Waals surface area contributed by atoms with Crippen molar-refractivity contribution >= 4 is 16.9 Å². The van der Waals surface area contributed by atoms with Crippen molar-refractivity contribution < 1.29 is 9.18 Å². The standard InChI is InChI=1S/C18H19FN4O/c1-22-7-4-6-15(22)16-5-2-3-8-23(16)18(24)13-9-12(19)10-14-17(13)21-11-20-14/h4,6-7,9-11,16H,2-3,5,8H2,1H3,(H,20,21)/t16-/m1/s1. The van der Waals surface area contributed by atoms with Gasteiger partial charge in [-0.2, -0.15) is 0 Å².